The second-order valence-corrected chi connectivity index (χ2v) is 3.21. The van der Waals surface area contributed by atoms with Crippen LogP contribution in [0.5, 0.6) is 0 Å². The zero-order valence-corrected chi connectivity index (χ0v) is 7.39. The molecule has 3 heteroatoms. The second-order valence-electron chi connectivity index (χ2n) is 3.21. The van der Waals surface area contributed by atoms with Gasteiger partial charge in [0.25, 0.3) is 0 Å². The zero-order chi connectivity index (χ0) is 8.55. The minimum absolute atomic E-state index is 0.920. The van der Waals surface area contributed by atoms with Gasteiger partial charge in [-0.3, -0.25) is 0 Å². The van der Waals surface area contributed by atoms with Gasteiger partial charge in [-0.05, 0) is 17.7 Å². The van der Waals surface area contributed by atoms with Crippen LogP contribution in [0.3, 0.4) is 0 Å². The molecule has 0 saturated heterocycles. The minimum atomic E-state index is 0.920. The number of hydrogen-bond donors (Lipinski definition) is 2. The van der Waals surface area contributed by atoms with E-state index in [1.165, 1.54) is 16.9 Å². The van der Waals surface area contributed by atoms with E-state index in [2.05, 4.69) is 34.0 Å². The molecule has 0 amide bonds. The first-order chi connectivity index (χ1) is 5.77. The summed E-state index contributed by atoms with van der Waals surface area (Å²) in [4.78, 5) is 2.10. The highest BCUT2D eigenvalue weighted by Gasteiger charge is 2.09. The monoisotopic (exact) mass is 163 g/mol. The number of anilines is 2. The minimum Gasteiger partial charge on any atom is -0.378 e. The third kappa shape index (κ3) is 1.12. The summed E-state index contributed by atoms with van der Waals surface area (Å²) in [5.74, 6) is 0. The van der Waals surface area contributed by atoms with E-state index >= 15 is 0 Å². The number of hydrazine groups is 1. The lowest BCUT2D eigenvalue weighted by molar-refractivity contribution is 0.860. The quantitative estimate of drug-likeness (QED) is 0.651. The molecule has 3 nitrogen and oxygen atoms in total. The van der Waals surface area contributed by atoms with Crippen LogP contribution in [0.1, 0.15) is 5.56 Å². The summed E-state index contributed by atoms with van der Waals surface area (Å²) >= 11 is 0. The third-order valence-corrected chi connectivity index (χ3v) is 2.11. The van der Waals surface area contributed by atoms with Gasteiger partial charge in [0.15, 0.2) is 0 Å². The summed E-state index contributed by atoms with van der Waals surface area (Å²) in [5, 5.41) is 0. The number of fused-ring (bicyclic) bond motifs is 1. The Hall–Kier alpha value is -1.22. The Morgan fingerprint density at radius 3 is 2.92 bits per heavy atom. The molecule has 0 bridgehead atoms. The van der Waals surface area contributed by atoms with Crippen molar-refractivity contribution >= 4 is 11.4 Å². The molecule has 2 rings (SSSR count). The van der Waals surface area contributed by atoms with Crippen LogP contribution in [-0.2, 0) is 6.54 Å². The van der Waals surface area contributed by atoms with E-state index in [9.17, 15) is 0 Å². The Morgan fingerprint density at radius 2 is 2.17 bits per heavy atom. The molecule has 0 fully saturated rings. The number of nitrogens with one attached hydrogen (secondary N) is 2. The van der Waals surface area contributed by atoms with Gasteiger partial charge in [0, 0.05) is 26.3 Å². The van der Waals surface area contributed by atoms with Crippen LogP contribution in [0, 0.1) is 0 Å². The third-order valence-electron chi connectivity index (χ3n) is 2.11. The average molecular weight is 163 g/mol. The van der Waals surface area contributed by atoms with Crippen molar-refractivity contribution in [3.63, 3.8) is 0 Å². The maximum Gasteiger partial charge on any atom is 0.0554 e. The van der Waals surface area contributed by atoms with Crippen LogP contribution in [0.2, 0.25) is 0 Å². The van der Waals surface area contributed by atoms with Crippen LogP contribution in [0.25, 0.3) is 0 Å². The largest absolute Gasteiger partial charge is 0.378 e. The Morgan fingerprint density at radius 1 is 1.33 bits per heavy atom. The van der Waals surface area contributed by atoms with Gasteiger partial charge in [0.1, 0.15) is 0 Å². The SMILES string of the molecule is CN(C)c1ccc2c(c1)NNC2. The second kappa shape index (κ2) is 2.68. The van der Waals surface area contributed by atoms with Crippen molar-refractivity contribution in [2.24, 2.45) is 0 Å². The summed E-state index contributed by atoms with van der Waals surface area (Å²) in [7, 11) is 4.09. The number of benzene rings is 1. The lowest BCUT2D eigenvalue weighted by Crippen LogP contribution is -2.11. The average Bonchev–Trinajstić information content (AvgIpc) is 2.49. The fourth-order valence-electron chi connectivity index (χ4n) is 1.35. The van der Waals surface area contributed by atoms with Gasteiger partial charge in [-0.1, -0.05) is 6.07 Å². The molecule has 1 aromatic carbocycles. The van der Waals surface area contributed by atoms with Gasteiger partial charge in [0.05, 0.1) is 5.69 Å². The molecular weight excluding hydrogens is 150 g/mol. The van der Waals surface area contributed by atoms with Crippen molar-refractivity contribution in [3.8, 4) is 0 Å². The van der Waals surface area contributed by atoms with Crippen molar-refractivity contribution in [1.29, 1.82) is 0 Å². The van der Waals surface area contributed by atoms with Gasteiger partial charge >= 0.3 is 0 Å². The highest BCUT2D eigenvalue weighted by atomic mass is 15.4. The number of rotatable bonds is 1. The van der Waals surface area contributed by atoms with Gasteiger partial charge in [0.2, 0.25) is 0 Å². The first-order valence-corrected chi connectivity index (χ1v) is 4.06. The Labute approximate surface area is 72.4 Å². The fraction of sp³-hybridized carbons (Fsp3) is 0.333. The summed E-state index contributed by atoms with van der Waals surface area (Å²) in [6, 6.07) is 6.43. The molecule has 0 aromatic heterocycles. The molecular formula is C9H13N3. The predicted octanol–water partition coefficient (Wildman–Crippen LogP) is 1.18. The highest BCUT2D eigenvalue weighted by Crippen LogP contribution is 2.24. The Balaban J connectivity index is 2.39. The lowest BCUT2D eigenvalue weighted by atomic mass is 10.2. The van der Waals surface area contributed by atoms with Gasteiger partial charge in [-0.15, -0.1) is 0 Å². The van der Waals surface area contributed by atoms with Crippen LogP contribution in [0.4, 0.5) is 11.4 Å². The van der Waals surface area contributed by atoms with Gasteiger partial charge < -0.3 is 10.3 Å². The molecule has 12 heavy (non-hydrogen) atoms. The summed E-state index contributed by atoms with van der Waals surface area (Å²) in [6.45, 7) is 0.920. The van der Waals surface area contributed by atoms with Crippen LogP contribution in [-0.4, -0.2) is 14.1 Å². The summed E-state index contributed by atoms with van der Waals surface area (Å²) < 4.78 is 0. The van der Waals surface area contributed by atoms with E-state index in [1.807, 2.05) is 14.1 Å². The molecule has 0 atom stereocenters. The molecule has 2 N–H and O–H groups in total. The van der Waals surface area contributed by atoms with Crippen molar-refractivity contribution < 1.29 is 0 Å². The van der Waals surface area contributed by atoms with Gasteiger partial charge in [-0.2, -0.15) is 0 Å². The standard InChI is InChI=1S/C9H13N3/c1-12(2)8-4-3-7-6-10-11-9(7)5-8/h3-5,10-11H,6H2,1-2H3. The summed E-state index contributed by atoms with van der Waals surface area (Å²) in [6.07, 6.45) is 0. The molecule has 0 spiro atoms. The first-order valence-electron chi connectivity index (χ1n) is 4.06. The van der Waals surface area contributed by atoms with Crippen molar-refractivity contribution in [3.05, 3.63) is 23.8 Å². The van der Waals surface area contributed by atoms with Gasteiger partial charge in [-0.25, -0.2) is 5.43 Å². The van der Waals surface area contributed by atoms with Crippen LogP contribution >= 0.6 is 0 Å². The summed E-state index contributed by atoms with van der Waals surface area (Å²) in [5.41, 5.74) is 9.96. The maximum absolute atomic E-state index is 3.12. The van der Waals surface area contributed by atoms with E-state index in [0.29, 0.717) is 0 Å². The smallest absolute Gasteiger partial charge is 0.0554 e. The molecule has 64 valence electrons. The molecule has 1 aliphatic rings. The molecule has 0 saturated carbocycles. The van der Waals surface area contributed by atoms with Crippen LogP contribution < -0.4 is 15.8 Å². The fourth-order valence-corrected chi connectivity index (χ4v) is 1.35. The van der Waals surface area contributed by atoms with E-state index in [0.717, 1.165) is 6.54 Å². The van der Waals surface area contributed by atoms with Crippen molar-refractivity contribution in [1.82, 2.24) is 5.43 Å². The maximum atomic E-state index is 3.12. The predicted molar refractivity (Wildman–Crippen MR) is 51.2 cm³/mol. The normalized spacial score (nSPS) is 13.8. The van der Waals surface area contributed by atoms with Crippen molar-refractivity contribution in [2.75, 3.05) is 24.4 Å². The molecule has 1 heterocycles. The van der Waals surface area contributed by atoms with E-state index in [4.69, 9.17) is 0 Å². The molecule has 1 aliphatic heterocycles. The molecule has 0 aliphatic carbocycles. The zero-order valence-electron chi connectivity index (χ0n) is 7.39. The van der Waals surface area contributed by atoms with E-state index in [-0.39, 0.29) is 0 Å². The molecule has 0 unspecified atom stereocenters. The molecule has 1 aromatic rings. The van der Waals surface area contributed by atoms with E-state index in [1.54, 1.807) is 0 Å². The molecule has 0 radical (unpaired) electrons. The van der Waals surface area contributed by atoms with E-state index < -0.39 is 0 Å². The number of nitrogens with zero attached hydrogens (tertiary/aromatic N) is 1. The Kier molecular flexibility index (Phi) is 1.66. The lowest BCUT2D eigenvalue weighted by Gasteiger charge is -2.13. The Bertz CT molecular complexity index is 294. The highest BCUT2D eigenvalue weighted by molar-refractivity contribution is 5.63. The number of hydrogen-bond acceptors (Lipinski definition) is 3. The first kappa shape index (κ1) is 7.43. The van der Waals surface area contributed by atoms with Crippen LogP contribution in [0.15, 0.2) is 18.2 Å². The van der Waals surface area contributed by atoms with Crippen molar-refractivity contribution in [2.45, 2.75) is 6.54 Å². The topological polar surface area (TPSA) is 27.3 Å².